The van der Waals surface area contributed by atoms with E-state index in [0.717, 1.165) is 55.5 Å². The molecule has 0 saturated carbocycles. The van der Waals surface area contributed by atoms with Crippen molar-refractivity contribution in [1.82, 2.24) is 10.2 Å². The number of hydrogen-bond donors (Lipinski definition) is 2. The predicted molar refractivity (Wildman–Crippen MR) is 137 cm³/mol. The topological polar surface area (TPSA) is 61.8 Å². The third-order valence-corrected chi connectivity index (χ3v) is 6.81. The maximum atomic E-state index is 12.5. The summed E-state index contributed by atoms with van der Waals surface area (Å²) in [5.74, 6) is 1.15. The fraction of sp³-hybridized carbons (Fsp3) is 0.345. The highest BCUT2D eigenvalue weighted by molar-refractivity contribution is 5.94. The van der Waals surface area contributed by atoms with E-state index in [0.29, 0.717) is 23.9 Å². The SMILES string of the molecule is COc1ccc(-c2ccc(C(=O)NCCCCN(C)[C@@H]3CCc4ccc(O)cc4C3)cc2)cc1. The van der Waals surface area contributed by atoms with Crippen LogP contribution in [-0.2, 0) is 12.8 Å². The second kappa shape index (κ2) is 11.2. The summed E-state index contributed by atoms with van der Waals surface area (Å²) in [4.78, 5) is 14.9. The number of nitrogens with zero attached hydrogens (tertiary/aromatic N) is 1. The average molecular weight is 459 g/mol. The fourth-order valence-corrected chi connectivity index (χ4v) is 4.67. The molecule has 5 heteroatoms. The average Bonchev–Trinajstić information content (AvgIpc) is 2.88. The van der Waals surface area contributed by atoms with Crippen LogP contribution in [0.4, 0.5) is 0 Å². The molecule has 5 nitrogen and oxygen atoms in total. The second-order valence-corrected chi connectivity index (χ2v) is 9.10. The monoisotopic (exact) mass is 458 g/mol. The Morgan fingerprint density at radius 2 is 1.71 bits per heavy atom. The Bertz CT molecular complexity index is 1090. The van der Waals surface area contributed by atoms with Crippen LogP contribution in [0.2, 0.25) is 0 Å². The zero-order chi connectivity index (χ0) is 23.9. The number of aromatic hydroxyl groups is 1. The van der Waals surface area contributed by atoms with Gasteiger partial charge in [0, 0.05) is 18.2 Å². The molecule has 3 aromatic rings. The van der Waals surface area contributed by atoms with Crippen molar-refractivity contribution in [3.8, 4) is 22.6 Å². The summed E-state index contributed by atoms with van der Waals surface area (Å²) in [5.41, 5.74) is 5.48. The van der Waals surface area contributed by atoms with Gasteiger partial charge in [0.2, 0.25) is 0 Å². The maximum absolute atomic E-state index is 12.5. The summed E-state index contributed by atoms with van der Waals surface area (Å²) in [6.45, 7) is 1.68. The fourth-order valence-electron chi connectivity index (χ4n) is 4.67. The first-order valence-corrected chi connectivity index (χ1v) is 12.1. The highest BCUT2D eigenvalue weighted by Gasteiger charge is 2.22. The Kier molecular flexibility index (Phi) is 7.86. The highest BCUT2D eigenvalue weighted by atomic mass is 16.5. The number of aryl methyl sites for hydroxylation is 1. The Hall–Kier alpha value is -3.31. The lowest BCUT2D eigenvalue weighted by Crippen LogP contribution is -2.37. The van der Waals surface area contributed by atoms with Gasteiger partial charge in [-0.05, 0) is 104 Å². The first-order valence-electron chi connectivity index (χ1n) is 12.1. The summed E-state index contributed by atoms with van der Waals surface area (Å²) in [6.07, 6.45) is 5.19. The number of rotatable bonds is 9. The van der Waals surface area contributed by atoms with Crippen LogP contribution in [0.5, 0.6) is 11.5 Å². The summed E-state index contributed by atoms with van der Waals surface area (Å²) in [7, 11) is 3.84. The van der Waals surface area contributed by atoms with Gasteiger partial charge < -0.3 is 20.1 Å². The van der Waals surface area contributed by atoms with Gasteiger partial charge >= 0.3 is 0 Å². The van der Waals surface area contributed by atoms with Crippen LogP contribution >= 0.6 is 0 Å². The van der Waals surface area contributed by atoms with Crippen LogP contribution in [-0.4, -0.2) is 49.2 Å². The van der Waals surface area contributed by atoms with Crippen molar-refractivity contribution in [2.24, 2.45) is 0 Å². The minimum atomic E-state index is -0.0293. The molecule has 34 heavy (non-hydrogen) atoms. The number of ether oxygens (including phenoxy) is 1. The molecule has 0 spiro atoms. The number of benzene rings is 3. The summed E-state index contributed by atoms with van der Waals surface area (Å²) < 4.78 is 5.21. The molecule has 0 aliphatic heterocycles. The standard InChI is InChI=1S/C29H34N2O3/c1-31(26-13-9-23-10-14-27(32)20-25(23)19-26)18-4-3-17-30-29(33)24-7-5-21(6-8-24)22-11-15-28(34-2)16-12-22/h5-8,10-12,14-16,20,26,32H,3-4,9,13,17-19H2,1-2H3,(H,30,33)/t26-/m1/s1. The van der Waals surface area contributed by atoms with Crippen LogP contribution in [0.15, 0.2) is 66.7 Å². The Morgan fingerprint density at radius 1 is 1.00 bits per heavy atom. The molecule has 0 unspecified atom stereocenters. The number of likely N-dealkylation sites (N-methyl/N-ethyl adjacent to an activating group) is 1. The number of phenols is 1. The third kappa shape index (κ3) is 5.97. The highest BCUT2D eigenvalue weighted by Crippen LogP contribution is 2.27. The molecule has 0 heterocycles. The number of amides is 1. The van der Waals surface area contributed by atoms with Crippen LogP contribution in [0.25, 0.3) is 11.1 Å². The molecule has 1 aliphatic rings. The van der Waals surface area contributed by atoms with Crippen molar-refractivity contribution in [3.63, 3.8) is 0 Å². The first-order chi connectivity index (χ1) is 16.5. The van der Waals surface area contributed by atoms with Gasteiger partial charge in [0.15, 0.2) is 0 Å². The van der Waals surface area contributed by atoms with Crippen molar-refractivity contribution in [2.45, 2.75) is 38.1 Å². The van der Waals surface area contributed by atoms with E-state index in [2.05, 4.69) is 23.3 Å². The molecule has 0 radical (unpaired) electrons. The molecule has 1 aliphatic carbocycles. The Labute approximate surface area is 202 Å². The van der Waals surface area contributed by atoms with E-state index in [1.165, 1.54) is 11.1 Å². The molecule has 1 atom stereocenters. The smallest absolute Gasteiger partial charge is 0.251 e. The molecular weight excluding hydrogens is 424 g/mol. The normalized spacial score (nSPS) is 15.1. The largest absolute Gasteiger partial charge is 0.508 e. The Morgan fingerprint density at radius 3 is 2.41 bits per heavy atom. The van der Waals surface area contributed by atoms with Crippen molar-refractivity contribution < 1.29 is 14.6 Å². The molecular formula is C29H34N2O3. The van der Waals surface area contributed by atoms with Gasteiger partial charge in [0.25, 0.3) is 5.91 Å². The number of carbonyl (C=O) groups excluding carboxylic acids is 1. The lowest BCUT2D eigenvalue weighted by atomic mass is 9.87. The van der Waals surface area contributed by atoms with E-state index in [1.807, 2.05) is 54.6 Å². The number of unbranched alkanes of at least 4 members (excludes halogenated alkanes) is 1. The van der Waals surface area contributed by atoms with Crippen molar-refractivity contribution in [3.05, 3.63) is 83.4 Å². The van der Waals surface area contributed by atoms with Crippen molar-refractivity contribution in [1.29, 1.82) is 0 Å². The van der Waals surface area contributed by atoms with E-state index in [9.17, 15) is 9.90 Å². The van der Waals surface area contributed by atoms with E-state index in [4.69, 9.17) is 4.74 Å². The van der Waals surface area contributed by atoms with E-state index < -0.39 is 0 Å². The molecule has 0 aromatic heterocycles. The molecule has 3 aromatic carbocycles. The second-order valence-electron chi connectivity index (χ2n) is 9.10. The minimum absolute atomic E-state index is 0.0293. The molecule has 2 N–H and O–H groups in total. The lowest BCUT2D eigenvalue weighted by Gasteiger charge is -2.32. The quantitative estimate of drug-likeness (QED) is 0.440. The number of hydrogen-bond acceptors (Lipinski definition) is 4. The predicted octanol–water partition coefficient (Wildman–Crippen LogP) is 5.07. The Balaban J connectivity index is 1.18. The number of nitrogens with one attached hydrogen (secondary N) is 1. The van der Waals surface area contributed by atoms with Crippen molar-refractivity contribution >= 4 is 5.91 Å². The van der Waals surface area contributed by atoms with Crippen molar-refractivity contribution in [2.75, 3.05) is 27.2 Å². The van der Waals surface area contributed by atoms with E-state index in [-0.39, 0.29) is 5.91 Å². The van der Waals surface area contributed by atoms with Gasteiger partial charge in [0.1, 0.15) is 11.5 Å². The van der Waals surface area contributed by atoms with Gasteiger partial charge in [-0.25, -0.2) is 0 Å². The number of fused-ring (bicyclic) bond motifs is 1. The summed E-state index contributed by atoms with van der Waals surface area (Å²) >= 11 is 0. The summed E-state index contributed by atoms with van der Waals surface area (Å²) in [5, 5.41) is 12.8. The number of methoxy groups -OCH3 is 1. The van der Waals surface area contributed by atoms with E-state index >= 15 is 0 Å². The van der Waals surface area contributed by atoms with Gasteiger partial charge in [0.05, 0.1) is 7.11 Å². The molecule has 4 rings (SSSR count). The van der Waals surface area contributed by atoms with Gasteiger partial charge in [-0.15, -0.1) is 0 Å². The van der Waals surface area contributed by atoms with Crippen LogP contribution in [0.1, 0.15) is 40.7 Å². The van der Waals surface area contributed by atoms with Crippen LogP contribution < -0.4 is 10.1 Å². The molecule has 0 saturated heterocycles. The maximum Gasteiger partial charge on any atom is 0.251 e. The van der Waals surface area contributed by atoms with Gasteiger partial charge in [-0.3, -0.25) is 4.79 Å². The molecule has 0 bridgehead atoms. The van der Waals surface area contributed by atoms with Crippen LogP contribution in [0, 0.1) is 0 Å². The number of phenolic OH excluding ortho intramolecular Hbond substituents is 1. The summed E-state index contributed by atoms with van der Waals surface area (Å²) in [6, 6.07) is 21.9. The van der Waals surface area contributed by atoms with E-state index in [1.54, 1.807) is 13.2 Å². The molecule has 1 amide bonds. The first kappa shape index (κ1) is 23.8. The van der Waals surface area contributed by atoms with Gasteiger partial charge in [-0.1, -0.05) is 30.3 Å². The zero-order valence-electron chi connectivity index (χ0n) is 20.1. The number of carbonyl (C=O) groups is 1. The minimum Gasteiger partial charge on any atom is -0.508 e. The molecule has 0 fully saturated rings. The van der Waals surface area contributed by atoms with Crippen LogP contribution in [0.3, 0.4) is 0 Å². The third-order valence-electron chi connectivity index (χ3n) is 6.81. The lowest BCUT2D eigenvalue weighted by molar-refractivity contribution is 0.0952. The zero-order valence-corrected chi connectivity index (χ0v) is 20.1. The van der Waals surface area contributed by atoms with Gasteiger partial charge in [-0.2, -0.15) is 0 Å². The molecule has 178 valence electrons.